The van der Waals surface area contributed by atoms with Gasteiger partial charge < -0.3 is 42.6 Å². The summed E-state index contributed by atoms with van der Waals surface area (Å²) in [5.74, 6) is -5.39. The van der Waals surface area contributed by atoms with Crippen molar-refractivity contribution in [3.63, 3.8) is 0 Å². The Morgan fingerprint density at radius 1 is 0.756 bits per heavy atom. The van der Waals surface area contributed by atoms with Gasteiger partial charge in [-0.15, -0.1) is 0 Å². The Labute approximate surface area is 233 Å². The standard InChI is InChI=1S/C26H30O15/c1-10(27)33-7-15-6-17-20-16(24(32)39-17)8-35-25(19(15)20)41-26-23(38-14(5)31)22(37-13(4)30)21(36-12(3)29)18(40-26)9-34-11(2)28/h6,8,17-23,25-26H,7,9H2,1-5H3/t17-,18-,19+,20-,21-,22+,23-,25-,26+/m0/s1. The van der Waals surface area contributed by atoms with Crippen LogP contribution in [0.5, 0.6) is 0 Å². The second-order valence-electron chi connectivity index (χ2n) is 9.72. The van der Waals surface area contributed by atoms with Crippen LogP contribution >= 0.6 is 0 Å². The summed E-state index contributed by atoms with van der Waals surface area (Å²) in [6.07, 6.45) is -6.07. The van der Waals surface area contributed by atoms with E-state index in [0.717, 1.165) is 27.7 Å². The van der Waals surface area contributed by atoms with E-state index >= 15 is 0 Å². The number of hydrogen-bond acceptors (Lipinski definition) is 15. The molecule has 0 aromatic carbocycles. The lowest BCUT2D eigenvalue weighted by molar-refractivity contribution is -0.342. The fourth-order valence-electron chi connectivity index (χ4n) is 5.24. The maximum atomic E-state index is 12.3. The first-order chi connectivity index (χ1) is 19.3. The minimum atomic E-state index is -1.53. The molecule has 0 aromatic heterocycles. The second-order valence-corrected chi connectivity index (χ2v) is 9.72. The van der Waals surface area contributed by atoms with Crippen molar-refractivity contribution in [1.29, 1.82) is 0 Å². The average Bonchev–Trinajstić information content (AvgIpc) is 3.38. The van der Waals surface area contributed by atoms with E-state index in [4.69, 9.17) is 42.6 Å². The molecule has 3 heterocycles. The van der Waals surface area contributed by atoms with Crippen molar-refractivity contribution in [3.05, 3.63) is 23.5 Å². The molecule has 0 N–H and O–H groups in total. The van der Waals surface area contributed by atoms with E-state index in [1.807, 2.05) is 0 Å². The highest BCUT2D eigenvalue weighted by Crippen LogP contribution is 2.49. The van der Waals surface area contributed by atoms with Crippen LogP contribution in [0, 0.1) is 11.8 Å². The Morgan fingerprint density at radius 2 is 1.37 bits per heavy atom. The predicted molar refractivity (Wildman–Crippen MR) is 128 cm³/mol. The summed E-state index contributed by atoms with van der Waals surface area (Å²) in [5, 5.41) is 0. The smallest absolute Gasteiger partial charge is 0.338 e. The molecule has 0 radical (unpaired) electrons. The van der Waals surface area contributed by atoms with Crippen molar-refractivity contribution < 1.29 is 71.4 Å². The van der Waals surface area contributed by atoms with Crippen molar-refractivity contribution in [2.45, 2.75) is 77.7 Å². The number of carbonyl (C=O) groups excluding carboxylic acids is 6. The van der Waals surface area contributed by atoms with Crippen LogP contribution in [-0.4, -0.2) is 92.1 Å². The van der Waals surface area contributed by atoms with E-state index in [1.165, 1.54) is 13.2 Å². The molecule has 15 nitrogen and oxygen atoms in total. The third-order valence-corrected chi connectivity index (χ3v) is 6.67. The van der Waals surface area contributed by atoms with Gasteiger partial charge in [-0.05, 0) is 11.6 Å². The fraction of sp³-hybridized carbons (Fsp3) is 0.615. The molecule has 2 saturated heterocycles. The summed E-state index contributed by atoms with van der Waals surface area (Å²) < 4.78 is 49.8. The summed E-state index contributed by atoms with van der Waals surface area (Å²) in [5.41, 5.74) is 0.805. The van der Waals surface area contributed by atoms with Gasteiger partial charge in [-0.1, -0.05) is 0 Å². The monoisotopic (exact) mass is 582 g/mol. The Balaban J connectivity index is 1.68. The SMILES string of the molecule is CC(=O)OCC1=C[C@@H]2OC(=O)C3=CO[C@@H](O[C@H]4O[C@@H](COC(C)=O)[C@H](OC(C)=O)[C@@H](OC(C)=O)[C@@H]4OC(C)=O)[C@H]1[C@@H]32. The van der Waals surface area contributed by atoms with Gasteiger partial charge >= 0.3 is 35.8 Å². The Hall–Kier alpha value is -3.98. The minimum absolute atomic E-state index is 0.139. The topological polar surface area (TPSA) is 185 Å². The molecular weight excluding hydrogens is 552 g/mol. The van der Waals surface area contributed by atoms with E-state index in [9.17, 15) is 28.8 Å². The second kappa shape index (κ2) is 12.3. The van der Waals surface area contributed by atoms with Crippen LogP contribution in [0.4, 0.5) is 0 Å². The molecule has 4 rings (SSSR count). The Morgan fingerprint density at radius 3 is 1.98 bits per heavy atom. The maximum absolute atomic E-state index is 12.3. The number of hydrogen-bond donors (Lipinski definition) is 0. The molecule has 0 spiro atoms. The van der Waals surface area contributed by atoms with E-state index in [-0.39, 0.29) is 12.2 Å². The molecule has 0 amide bonds. The van der Waals surface area contributed by atoms with Gasteiger partial charge in [0.25, 0.3) is 0 Å². The lowest BCUT2D eigenvalue weighted by Crippen LogP contribution is -2.63. The summed E-state index contributed by atoms with van der Waals surface area (Å²) in [6.45, 7) is 5.12. The first-order valence-corrected chi connectivity index (χ1v) is 12.7. The molecule has 9 atom stereocenters. The summed E-state index contributed by atoms with van der Waals surface area (Å²) in [4.78, 5) is 71.6. The van der Waals surface area contributed by atoms with Gasteiger partial charge in [0.15, 0.2) is 18.3 Å². The molecular formula is C26H30O15. The molecule has 1 aliphatic carbocycles. The van der Waals surface area contributed by atoms with Gasteiger partial charge in [0, 0.05) is 40.5 Å². The lowest BCUT2D eigenvalue weighted by Gasteiger charge is -2.45. The molecule has 0 unspecified atom stereocenters. The fourth-order valence-corrected chi connectivity index (χ4v) is 5.24. The highest BCUT2D eigenvalue weighted by Gasteiger charge is 2.58. The zero-order valence-electron chi connectivity index (χ0n) is 22.9. The zero-order valence-corrected chi connectivity index (χ0v) is 22.9. The van der Waals surface area contributed by atoms with Crippen molar-refractivity contribution in [3.8, 4) is 0 Å². The molecule has 3 aliphatic heterocycles. The van der Waals surface area contributed by atoms with Crippen LogP contribution in [0.3, 0.4) is 0 Å². The van der Waals surface area contributed by atoms with E-state index < -0.39 is 97.4 Å². The van der Waals surface area contributed by atoms with Crippen LogP contribution in [-0.2, 0) is 71.4 Å². The number of rotatable bonds is 9. The van der Waals surface area contributed by atoms with Gasteiger partial charge in [-0.2, -0.15) is 0 Å². The number of ether oxygens (including phenoxy) is 9. The van der Waals surface area contributed by atoms with Crippen LogP contribution in [0.25, 0.3) is 0 Å². The van der Waals surface area contributed by atoms with Crippen LogP contribution < -0.4 is 0 Å². The number of carbonyl (C=O) groups is 6. The van der Waals surface area contributed by atoms with Crippen molar-refractivity contribution >= 4 is 35.8 Å². The molecule has 15 heteroatoms. The summed E-state index contributed by atoms with van der Waals surface area (Å²) in [7, 11) is 0. The number of esters is 6. The average molecular weight is 583 g/mol. The van der Waals surface area contributed by atoms with Crippen LogP contribution in [0.1, 0.15) is 34.6 Å². The first-order valence-electron chi connectivity index (χ1n) is 12.7. The van der Waals surface area contributed by atoms with E-state index in [0.29, 0.717) is 5.57 Å². The molecule has 0 aromatic rings. The third-order valence-electron chi connectivity index (χ3n) is 6.67. The van der Waals surface area contributed by atoms with Gasteiger partial charge in [-0.3, -0.25) is 24.0 Å². The van der Waals surface area contributed by atoms with Crippen LogP contribution in [0.2, 0.25) is 0 Å². The normalized spacial score (nSPS) is 33.2. The Bertz CT molecular complexity index is 1170. The quantitative estimate of drug-likeness (QED) is 0.201. The van der Waals surface area contributed by atoms with Gasteiger partial charge in [0.2, 0.25) is 12.6 Å². The minimum Gasteiger partial charge on any atom is -0.471 e. The molecule has 41 heavy (non-hydrogen) atoms. The van der Waals surface area contributed by atoms with Gasteiger partial charge in [0.05, 0.1) is 17.8 Å². The zero-order chi connectivity index (χ0) is 30.0. The van der Waals surface area contributed by atoms with Gasteiger partial charge in [-0.25, -0.2) is 4.79 Å². The molecule has 224 valence electrons. The predicted octanol–water partition coefficient (Wildman–Crippen LogP) is -0.0128. The third kappa shape index (κ3) is 6.68. The molecule has 4 aliphatic rings. The van der Waals surface area contributed by atoms with Crippen molar-refractivity contribution in [1.82, 2.24) is 0 Å². The van der Waals surface area contributed by atoms with Gasteiger partial charge in [0.1, 0.15) is 25.4 Å². The van der Waals surface area contributed by atoms with Crippen molar-refractivity contribution in [2.75, 3.05) is 13.2 Å². The van der Waals surface area contributed by atoms with Crippen LogP contribution in [0.15, 0.2) is 23.5 Å². The maximum Gasteiger partial charge on any atom is 0.338 e. The molecule has 0 saturated carbocycles. The Kier molecular flexibility index (Phi) is 8.97. The first kappa shape index (κ1) is 30.0. The summed E-state index contributed by atoms with van der Waals surface area (Å²) in [6, 6.07) is 0. The van der Waals surface area contributed by atoms with E-state index in [2.05, 4.69) is 0 Å². The molecule has 2 fully saturated rings. The van der Waals surface area contributed by atoms with Crippen molar-refractivity contribution in [2.24, 2.45) is 11.8 Å². The van der Waals surface area contributed by atoms with E-state index in [1.54, 1.807) is 6.08 Å². The molecule has 0 bridgehead atoms. The largest absolute Gasteiger partial charge is 0.471 e. The summed E-state index contributed by atoms with van der Waals surface area (Å²) >= 11 is 0. The highest BCUT2D eigenvalue weighted by atomic mass is 16.8. The lowest BCUT2D eigenvalue weighted by atomic mass is 9.84. The highest BCUT2D eigenvalue weighted by molar-refractivity contribution is 5.92.